The molecular formula is C17H26N2O4. The van der Waals surface area contributed by atoms with Gasteiger partial charge in [0.2, 0.25) is 0 Å². The molecule has 1 aliphatic heterocycles. The lowest BCUT2D eigenvalue weighted by Gasteiger charge is -2.35. The summed E-state index contributed by atoms with van der Waals surface area (Å²) in [6.07, 6.45) is 2.65. The Morgan fingerprint density at radius 2 is 2.00 bits per heavy atom. The molecule has 0 N–H and O–H groups in total. The minimum atomic E-state index is -0.372. The molecule has 1 aromatic rings. The summed E-state index contributed by atoms with van der Waals surface area (Å²) >= 11 is 0. The van der Waals surface area contributed by atoms with Gasteiger partial charge in [0, 0.05) is 24.7 Å². The zero-order valence-corrected chi connectivity index (χ0v) is 14.2. The Labute approximate surface area is 137 Å². The molecule has 1 aliphatic rings. The van der Waals surface area contributed by atoms with Crippen molar-refractivity contribution in [2.45, 2.75) is 45.8 Å². The Morgan fingerprint density at radius 1 is 1.30 bits per heavy atom. The minimum absolute atomic E-state index is 0.132. The molecule has 128 valence electrons. The van der Waals surface area contributed by atoms with Crippen LogP contribution in [-0.4, -0.2) is 48.3 Å². The lowest BCUT2D eigenvalue weighted by molar-refractivity contribution is -0.385. The monoisotopic (exact) mass is 322 g/mol. The van der Waals surface area contributed by atoms with Gasteiger partial charge in [0.15, 0.2) is 0 Å². The zero-order chi connectivity index (χ0) is 16.8. The van der Waals surface area contributed by atoms with Gasteiger partial charge >= 0.3 is 0 Å². The number of hydrogen-bond donors (Lipinski definition) is 0. The Morgan fingerprint density at radius 3 is 2.61 bits per heavy atom. The quantitative estimate of drug-likeness (QED) is 0.438. The minimum Gasteiger partial charge on any atom is -0.494 e. The second kappa shape index (κ2) is 8.26. The highest BCUT2D eigenvalue weighted by atomic mass is 16.6. The number of hydrogen-bond acceptors (Lipinski definition) is 5. The van der Waals surface area contributed by atoms with Crippen molar-refractivity contribution in [3.05, 3.63) is 33.9 Å². The molecule has 6 heteroatoms. The Hall–Kier alpha value is -1.66. The summed E-state index contributed by atoms with van der Waals surface area (Å²) in [6.45, 7) is 9.63. The molecule has 2 rings (SSSR count). The maximum absolute atomic E-state index is 10.8. The van der Waals surface area contributed by atoms with Crippen LogP contribution >= 0.6 is 0 Å². The molecule has 0 aliphatic carbocycles. The summed E-state index contributed by atoms with van der Waals surface area (Å²) in [5.74, 6) is 0.696. The fourth-order valence-corrected chi connectivity index (χ4v) is 3.02. The molecule has 23 heavy (non-hydrogen) atoms. The zero-order valence-electron chi connectivity index (χ0n) is 14.2. The number of benzene rings is 1. The van der Waals surface area contributed by atoms with Crippen molar-refractivity contribution < 1.29 is 14.4 Å². The van der Waals surface area contributed by atoms with Crippen LogP contribution in [0.4, 0.5) is 5.69 Å². The van der Waals surface area contributed by atoms with Crippen molar-refractivity contribution in [1.29, 1.82) is 0 Å². The van der Waals surface area contributed by atoms with Gasteiger partial charge in [0.1, 0.15) is 5.75 Å². The van der Waals surface area contributed by atoms with Crippen LogP contribution in [0.25, 0.3) is 0 Å². The SMILES string of the molecule is Cc1cc(OCCCCN2C[C@@H](C)O[C@H](C)C2)ccc1[N+](=O)[O-]. The highest BCUT2D eigenvalue weighted by Crippen LogP contribution is 2.23. The van der Waals surface area contributed by atoms with Gasteiger partial charge in [-0.3, -0.25) is 15.0 Å². The number of nitrogens with zero attached hydrogens (tertiary/aromatic N) is 2. The number of ether oxygens (including phenoxy) is 2. The predicted octanol–water partition coefficient (Wildman–Crippen LogP) is 3.17. The van der Waals surface area contributed by atoms with E-state index in [1.165, 1.54) is 6.07 Å². The van der Waals surface area contributed by atoms with Gasteiger partial charge < -0.3 is 9.47 Å². The average Bonchev–Trinajstić information content (AvgIpc) is 2.45. The van der Waals surface area contributed by atoms with E-state index in [-0.39, 0.29) is 10.6 Å². The molecule has 0 saturated carbocycles. The lowest BCUT2D eigenvalue weighted by atomic mass is 10.2. The summed E-state index contributed by atoms with van der Waals surface area (Å²) < 4.78 is 11.4. The van der Waals surface area contributed by atoms with Crippen LogP contribution in [0.3, 0.4) is 0 Å². The van der Waals surface area contributed by atoms with Crippen LogP contribution in [0.1, 0.15) is 32.3 Å². The van der Waals surface area contributed by atoms with Crippen LogP contribution in [0.15, 0.2) is 18.2 Å². The molecule has 1 heterocycles. The van der Waals surface area contributed by atoms with Gasteiger partial charge in [-0.2, -0.15) is 0 Å². The van der Waals surface area contributed by atoms with E-state index in [0.717, 1.165) is 32.5 Å². The van der Waals surface area contributed by atoms with Crippen LogP contribution < -0.4 is 4.74 Å². The van der Waals surface area contributed by atoms with Crippen molar-refractivity contribution in [2.24, 2.45) is 0 Å². The fourth-order valence-electron chi connectivity index (χ4n) is 3.02. The smallest absolute Gasteiger partial charge is 0.272 e. The third kappa shape index (κ3) is 5.48. The molecule has 0 amide bonds. The molecule has 0 bridgehead atoms. The first kappa shape index (κ1) is 17.7. The van der Waals surface area contributed by atoms with Gasteiger partial charge in [-0.25, -0.2) is 0 Å². The molecule has 2 atom stereocenters. The first-order chi connectivity index (χ1) is 11.0. The number of aryl methyl sites for hydroxylation is 1. The van der Waals surface area contributed by atoms with Crippen LogP contribution in [0.2, 0.25) is 0 Å². The second-order valence-electron chi connectivity index (χ2n) is 6.28. The molecule has 0 aromatic heterocycles. The van der Waals surface area contributed by atoms with E-state index in [1.54, 1.807) is 19.1 Å². The van der Waals surface area contributed by atoms with Gasteiger partial charge in [-0.1, -0.05) is 0 Å². The van der Waals surface area contributed by atoms with E-state index < -0.39 is 0 Å². The highest BCUT2D eigenvalue weighted by molar-refractivity contribution is 5.44. The van der Waals surface area contributed by atoms with Gasteiger partial charge in [-0.15, -0.1) is 0 Å². The van der Waals surface area contributed by atoms with E-state index in [4.69, 9.17) is 9.47 Å². The van der Waals surface area contributed by atoms with Gasteiger partial charge in [0.25, 0.3) is 5.69 Å². The fraction of sp³-hybridized carbons (Fsp3) is 0.647. The largest absolute Gasteiger partial charge is 0.494 e. The van der Waals surface area contributed by atoms with Crippen molar-refractivity contribution in [3.63, 3.8) is 0 Å². The van der Waals surface area contributed by atoms with Crippen molar-refractivity contribution in [1.82, 2.24) is 4.90 Å². The Bertz CT molecular complexity index is 525. The Kier molecular flexibility index (Phi) is 6.36. The van der Waals surface area contributed by atoms with Crippen molar-refractivity contribution in [2.75, 3.05) is 26.2 Å². The third-order valence-electron chi connectivity index (χ3n) is 4.00. The summed E-state index contributed by atoms with van der Waals surface area (Å²) in [6, 6.07) is 4.89. The van der Waals surface area contributed by atoms with E-state index in [0.29, 0.717) is 30.1 Å². The number of unbranched alkanes of at least 4 members (excludes halogenated alkanes) is 1. The van der Waals surface area contributed by atoms with Crippen LogP contribution in [0, 0.1) is 17.0 Å². The normalized spacial score (nSPS) is 22.0. The molecule has 0 unspecified atom stereocenters. The van der Waals surface area contributed by atoms with Crippen LogP contribution in [-0.2, 0) is 4.74 Å². The van der Waals surface area contributed by atoms with E-state index in [1.807, 2.05) is 0 Å². The molecule has 1 fully saturated rings. The van der Waals surface area contributed by atoms with Gasteiger partial charge in [0.05, 0.1) is 23.7 Å². The van der Waals surface area contributed by atoms with E-state index >= 15 is 0 Å². The number of nitro benzene ring substituents is 1. The van der Waals surface area contributed by atoms with Crippen molar-refractivity contribution >= 4 is 5.69 Å². The molecule has 1 saturated heterocycles. The molecule has 0 radical (unpaired) electrons. The first-order valence-corrected chi connectivity index (χ1v) is 8.21. The number of nitro groups is 1. The summed E-state index contributed by atoms with van der Waals surface area (Å²) in [4.78, 5) is 12.8. The standard InChI is InChI=1S/C17H26N2O4/c1-13-10-16(6-7-17(13)19(20)21)22-9-5-4-8-18-11-14(2)23-15(3)12-18/h6-7,10,14-15H,4-5,8-9,11-12H2,1-3H3/t14-,15-/m1/s1. The molecule has 6 nitrogen and oxygen atoms in total. The van der Waals surface area contributed by atoms with Crippen molar-refractivity contribution in [3.8, 4) is 5.75 Å². The van der Waals surface area contributed by atoms with Crippen LogP contribution in [0.5, 0.6) is 5.75 Å². The number of morpholine rings is 1. The highest BCUT2D eigenvalue weighted by Gasteiger charge is 2.21. The topological polar surface area (TPSA) is 64.8 Å². The second-order valence-corrected chi connectivity index (χ2v) is 6.28. The predicted molar refractivity (Wildman–Crippen MR) is 89.0 cm³/mol. The average molecular weight is 322 g/mol. The first-order valence-electron chi connectivity index (χ1n) is 8.21. The molecule has 1 aromatic carbocycles. The van der Waals surface area contributed by atoms with Gasteiger partial charge in [-0.05, 0) is 52.3 Å². The maximum Gasteiger partial charge on any atom is 0.272 e. The third-order valence-corrected chi connectivity index (χ3v) is 4.00. The van der Waals surface area contributed by atoms with E-state index in [2.05, 4.69) is 18.7 Å². The van der Waals surface area contributed by atoms with E-state index in [9.17, 15) is 10.1 Å². The summed E-state index contributed by atoms with van der Waals surface area (Å²) in [5.41, 5.74) is 0.761. The summed E-state index contributed by atoms with van der Waals surface area (Å²) in [5, 5.41) is 10.8. The summed E-state index contributed by atoms with van der Waals surface area (Å²) in [7, 11) is 0. The molecule has 0 spiro atoms. The Balaban J connectivity index is 1.67. The maximum atomic E-state index is 10.8. The lowest BCUT2D eigenvalue weighted by Crippen LogP contribution is -2.45. The number of rotatable bonds is 7. The molecular weight excluding hydrogens is 296 g/mol.